The van der Waals surface area contributed by atoms with Crippen LogP contribution in [-0.2, 0) is 9.53 Å². The first-order valence-corrected chi connectivity index (χ1v) is 9.01. The monoisotopic (exact) mass is 374 g/mol. The van der Waals surface area contributed by atoms with E-state index in [1.54, 1.807) is 12.1 Å². The SMILES string of the molecule is CN(C)CCCNC(=O)[C@H]1Oc2ccc(Cl)cc2[C@H](c2ccccc2)O1. The van der Waals surface area contributed by atoms with Crippen molar-refractivity contribution in [2.75, 3.05) is 27.2 Å². The summed E-state index contributed by atoms with van der Waals surface area (Å²) in [7, 11) is 4.00. The molecule has 0 saturated carbocycles. The molecule has 26 heavy (non-hydrogen) atoms. The van der Waals surface area contributed by atoms with Crippen LogP contribution in [0.1, 0.15) is 23.7 Å². The average Bonchev–Trinajstić information content (AvgIpc) is 2.64. The highest BCUT2D eigenvalue weighted by Crippen LogP contribution is 2.39. The predicted molar refractivity (Wildman–Crippen MR) is 101 cm³/mol. The van der Waals surface area contributed by atoms with Crippen LogP contribution in [0.3, 0.4) is 0 Å². The van der Waals surface area contributed by atoms with Crippen molar-refractivity contribution in [1.29, 1.82) is 0 Å². The van der Waals surface area contributed by atoms with Crippen molar-refractivity contribution in [3.8, 4) is 5.75 Å². The topological polar surface area (TPSA) is 50.8 Å². The van der Waals surface area contributed by atoms with Gasteiger partial charge in [0.25, 0.3) is 12.2 Å². The Kier molecular flexibility index (Phi) is 6.14. The van der Waals surface area contributed by atoms with Crippen molar-refractivity contribution in [2.24, 2.45) is 0 Å². The standard InChI is InChI=1S/C20H23ClN2O3/c1-23(2)12-6-11-22-19(24)20-25-17-10-9-15(21)13-16(17)18(26-20)14-7-4-3-5-8-14/h3-5,7-10,13,18,20H,6,11-12H2,1-2H3,(H,22,24)/t18-,20-/m0/s1. The molecule has 3 rings (SSSR count). The van der Waals surface area contributed by atoms with E-state index in [4.69, 9.17) is 21.1 Å². The molecule has 1 heterocycles. The van der Waals surface area contributed by atoms with Gasteiger partial charge in [0.15, 0.2) is 0 Å². The summed E-state index contributed by atoms with van der Waals surface area (Å²) in [5, 5.41) is 3.48. The van der Waals surface area contributed by atoms with Crippen LogP contribution < -0.4 is 10.1 Å². The molecule has 2 atom stereocenters. The number of amides is 1. The highest BCUT2D eigenvalue weighted by molar-refractivity contribution is 6.30. The Balaban J connectivity index is 1.76. The van der Waals surface area contributed by atoms with Gasteiger partial charge in [-0.3, -0.25) is 4.79 Å². The van der Waals surface area contributed by atoms with Crippen LogP contribution in [-0.4, -0.2) is 44.3 Å². The van der Waals surface area contributed by atoms with E-state index in [2.05, 4.69) is 10.2 Å². The molecule has 1 N–H and O–H groups in total. The van der Waals surface area contributed by atoms with Crippen LogP contribution in [0, 0.1) is 0 Å². The molecule has 0 unspecified atom stereocenters. The minimum Gasteiger partial charge on any atom is -0.455 e. The molecular weight excluding hydrogens is 352 g/mol. The Morgan fingerprint density at radius 3 is 2.69 bits per heavy atom. The lowest BCUT2D eigenvalue weighted by Gasteiger charge is -2.32. The molecule has 0 spiro atoms. The van der Waals surface area contributed by atoms with E-state index in [9.17, 15) is 4.79 Å². The van der Waals surface area contributed by atoms with Gasteiger partial charge in [-0.1, -0.05) is 41.9 Å². The lowest BCUT2D eigenvalue weighted by Crippen LogP contribution is -2.43. The van der Waals surface area contributed by atoms with Crippen molar-refractivity contribution in [2.45, 2.75) is 18.8 Å². The zero-order chi connectivity index (χ0) is 18.5. The molecule has 0 fully saturated rings. The minimum atomic E-state index is -0.992. The molecule has 0 aromatic heterocycles. The van der Waals surface area contributed by atoms with Gasteiger partial charge < -0.3 is 19.7 Å². The highest BCUT2D eigenvalue weighted by atomic mass is 35.5. The van der Waals surface area contributed by atoms with E-state index in [1.165, 1.54) is 0 Å². The number of carbonyl (C=O) groups is 1. The summed E-state index contributed by atoms with van der Waals surface area (Å²) >= 11 is 6.14. The van der Waals surface area contributed by atoms with Crippen molar-refractivity contribution in [3.63, 3.8) is 0 Å². The van der Waals surface area contributed by atoms with Crippen molar-refractivity contribution >= 4 is 17.5 Å². The molecule has 1 aliphatic heterocycles. The molecule has 2 aromatic carbocycles. The van der Waals surface area contributed by atoms with E-state index in [0.717, 1.165) is 24.1 Å². The number of nitrogens with one attached hydrogen (secondary N) is 1. The molecule has 0 bridgehead atoms. The number of rotatable bonds is 6. The second kappa shape index (κ2) is 8.54. The molecule has 0 saturated heterocycles. The second-order valence-electron chi connectivity index (χ2n) is 6.51. The largest absolute Gasteiger partial charge is 0.455 e. The lowest BCUT2D eigenvalue weighted by molar-refractivity contribution is -0.165. The van der Waals surface area contributed by atoms with Gasteiger partial charge >= 0.3 is 0 Å². The fourth-order valence-corrected chi connectivity index (χ4v) is 3.04. The van der Waals surface area contributed by atoms with Gasteiger partial charge in [0.2, 0.25) is 0 Å². The number of hydrogen-bond acceptors (Lipinski definition) is 4. The van der Waals surface area contributed by atoms with Crippen molar-refractivity contribution in [1.82, 2.24) is 10.2 Å². The Bertz CT molecular complexity index is 752. The number of nitrogens with zero attached hydrogens (tertiary/aromatic N) is 1. The maximum absolute atomic E-state index is 12.5. The zero-order valence-corrected chi connectivity index (χ0v) is 15.7. The first-order valence-electron chi connectivity index (χ1n) is 8.63. The average molecular weight is 375 g/mol. The van der Waals surface area contributed by atoms with Gasteiger partial charge in [0.05, 0.1) is 0 Å². The Morgan fingerprint density at radius 2 is 1.96 bits per heavy atom. The summed E-state index contributed by atoms with van der Waals surface area (Å²) in [6.07, 6.45) is -0.538. The maximum Gasteiger partial charge on any atom is 0.289 e. The van der Waals surface area contributed by atoms with Gasteiger partial charge in [-0.25, -0.2) is 0 Å². The lowest BCUT2D eigenvalue weighted by atomic mass is 9.99. The van der Waals surface area contributed by atoms with Gasteiger partial charge in [0, 0.05) is 17.1 Å². The normalized spacial score (nSPS) is 18.9. The van der Waals surface area contributed by atoms with Crippen LogP contribution >= 0.6 is 11.6 Å². The van der Waals surface area contributed by atoms with Gasteiger partial charge in [-0.05, 0) is 50.8 Å². The van der Waals surface area contributed by atoms with Crippen LogP contribution in [0.2, 0.25) is 5.02 Å². The molecular formula is C20H23ClN2O3. The molecule has 5 nitrogen and oxygen atoms in total. The van der Waals surface area contributed by atoms with Gasteiger partial charge in [-0.15, -0.1) is 0 Å². The molecule has 1 aliphatic rings. The molecule has 0 aliphatic carbocycles. The van der Waals surface area contributed by atoms with E-state index in [0.29, 0.717) is 17.3 Å². The zero-order valence-electron chi connectivity index (χ0n) is 14.9. The summed E-state index contributed by atoms with van der Waals surface area (Å²) in [5.41, 5.74) is 1.77. The molecule has 1 amide bonds. The summed E-state index contributed by atoms with van der Waals surface area (Å²) in [4.78, 5) is 14.6. The summed E-state index contributed by atoms with van der Waals surface area (Å²) < 4.78 is 11.8. The fraction of sp³-hybridized carbons (Fsp3) is 0.350. The molecule has 2 aromatic rings. The number of fused-ring (bicyclic) bond motifs is 1. The number of halogens is 1. The predicted octanol–water partition coefficient (Wildman–Crippen LogP) is 3.23. The first kappa shape index (κ1) is 18.7. The second-order valence-corrected chi connectivity index (χ2v) is 6.94. The third-order valence-corrected chi connectivity index (χ3v) is 4.38. The van der Waals surface area contributed by atoms with E-state index >= 15 is 0 Å². The maximum atomic E-state index is 12.5. The number of carbonyl (C=O) groups excluding carboxylic acids is 1. The van der Waals surface area contributed by atoms with Crippen LogP contribution in [0.25, 0.3) is 0 Å². The number of hydrogen-bond donors (Lipinski definition) is 1. The van der Waals surface area contributed by atoms with E-state index < -0.39 is 12.4 Å². The third kappa shape index (κ3) is 4.55. The molecule has 138 valence electrons. The number of benzene rings is 2. The van der Waals surface area contributed by atoms with Crippen LogP contribution in [0.5, 0.6) is 5.75 Å². The smallest absolute Gasteiger partial charge is 0.289 e. The first-order chi connectivity index (χ1) is 12.5. The van der Waals surface area contributed by atoms with E-state index in [1.807, 2.05) is 50.5 Å². The van der Waals surface area contributed by atoms with E-state index in [-0.39, 0.29) is 5.91 Å². The quantitative estimate of drug-likeness (QED) is 0.789. The minimum absolute atomic E-state index is 0.273. The van der Waals surface area contributed by atoms with Crippen LogP contribution in [0.4, 0.5) is 0 Å². The van der Waals surface area contributed by atoms with Gasteiger partial charge in [0.1, 0.15) is 11.9 Å². The summed E-state index contributed by atoms with van der Waals surface area (Å²) in [5.74, 6) is 0.341. The summed E-state index contributed by atoms with van der Waals surface area (Å²) in [6, 6.07) is 15.1. The van der Waals surface area contributed by atoms with Crippen molar-refractivity contribution in [3.05, 3.63) is 64.7 Å². The Labute approximate surface area is 158 Å². The molecule has 0 radical (unpaired) electrons. The Morgan fingerprint density at radius 1 is 1.19 bits per heavy atom. The highest BCUT2D eigenvalue weighted by Gasteiger charge is 2.34. The summed E-state index contributed by atoms with van der Waals surface area (Å²) in [6.45, 7) is 1.48. The van der Waals surface area contributed by atoms with Crippen LogP contribution in [0.15, 0.2) is 48.5 Å². The van der Waals surface area contributed by atoms with Gasteiger partial charge in [-0.2, -0.15) is 0 Å². The fourth-order valence-electron chi connectivity index (χ4n) is 2.86. The van der Waals surface area contributed by atoms with Crippen molar-refractivity contribution < 1.29 is 14.3 Å². The molecule has 6 heteroatoms. The third-order valence-electron chi connectivity index (χ3n) is 4.15. The number of ether oxygens (including phenoxy) is 2. The Hall–Kier alpha value is -2.08.